The van der Waals surface area contributed by atoms with Gasteiger partial charge in [-0.25, -0.2) is 0 Å². The van der Waals surface area contributed by atoms with E-state index in [-0.39, 0.29) is 56.9 Å². The standard InChI is InChI=1S/C7H16BF3N.K/c1-5-7(2,3)12(4)6-8(9,10)11;/h5-6H2,1-4H3;/q-1;+1. The molecular weight excluding hydrogens is 205 g/mol. The maximum Gasteiger partial charge on any atom is 1.00 e. The summed E-state index contributed by atoms with van der Waals surface area (Å²) < 4.78 is 36.0. The van der Waals surface area contributed by atoms with Crippen molar-refractivity contribution in [2.75, 3.05) is 13.5 Å². The van der Waals surface area contributed by atoms with Crippen molar-refractivity contribution in [3.05, 3.63) is 0 Å². The molecule has 0 unspecified atom stereocenters. The van der Waals surface area contributed by atoms with Crippen molar-refractivity contribution in [2.45, 2.75) is 32.7 Å². The van der Waals surface area contributed by atoms with Crippen LogP contribution in [0.25, 0.3) is 0 Å². The second kappa shape index (κ2) is 6.13. The van der Waals surface area contributed by atoms with Gasteiger partial charge in [-0.1, -0.05) is 6.92 Å². The third-order valence-electron chi connectivity index (χ3n) is 2.38. The summed E-state index contributed by atoms with van der Waals surface area (Å²) in [6.45, 7) is 0.825. The Morgan fingerprint density at radius 2 is 1.62 bits per heavy atom. The predicted octanol–water partition coefficient (Wildman–Crippen LogP) is -0.503. The fourth-order valence-electron chi connectivity index (χ4n) is 0.828. The number of nitrogens with zero attached hydrogens (tertiary/aromatic N) is 1. The normalized spacial score (nSPS) is 12.9. The van der Waals surface area contributed by atoms with Gasteiger partial charge in [-0.05, 0) is 33.8 Å². The molecule has 0 saturated carbocycles. The number of halogens is 3. The molecule has 0 aliphatic heterocycles. The van der Waals surface area contributed by atoms with Crippen molar-refractivity contribution in [1.82, 2.24) is 4.90 Å². The first kappa shape index (κ1) is 16.9. The van der Waals surface area contributed by atoms with E-state index < -0.39 is 13.4 Å². The van der Waals surface area contributed by atoms with Crippen LogP contribution in [0.4, 0.5) is 12.9 Å². The quantitative estimate of drug-likeness (QED) is 0.578. The summed E-state index contributed by atoms with van der Waals surface area (Å²) in [4.78, 5) is 1.35. The molecule has 0 saturated heterocycles. The monoisotopic (exact) mass is 221 g/mol. The maximum absolute atomic E-state index is 12.0. The fraction of sp³-hybridized carbons (Fsp3) is 1.00. The number of rotatable bonds is 4. The smallest absolute Gasteiger partial charge is 0.448 e. The third kappa shape index (κ3) is 7.39. The fourth-order valence-corrected chi connectivity index (χ4v) is 0.828. The van der Waals surface area contributed by atoms with Gasteiger partial charge in [0.1, 0.15) is 0 Å². The van der Waals surface area contributed by atoms with Crippen LogP contribution in [-0.2, 0) is 0 Å². The Bertz CT molecular complexity index is 149. The van der Waals surface area contributed by atoms with Crippen LogP contribution in [0.2, 0.25) is 0 Å². The number of hydrogen-bond donors (Lipinski definition) is 0. The van der Waals surface area contributed by atoms with Gasteiger partial charge in [-0.3, -0.25) is 0 Å². The third-order valence-corrected chi connectivity index (χ3v) is 2.38. The van der Waals surface area contributed by atoms with E-state index >= 15 is 0 Å². The molecule has 0 spiro atoms. The second-order valence-corrected chi connectivity index (χ2v) is 3.76. The van der Waals surface area contributed by atoms with Gasteiger partial charge in [0.25, 0.3) is 0 Å². The van der Waals surface area contributed by atoms with Gasteiger partial charge in [0, 0.05) is 5.54 Å². The van der Waals surface area contributed by atoms with E-state index in [0.717, 1.165) is 6.42 Å². The van der Waals surface area contributed by atoms with Gasteiger partial charge in [-0.15, -0.1) is 0 Å². The molecule has 74 valence electrons. The molecule has 0 radical (unpaired) electrons. The molecule has 6 heteroatoms. The van der Waals surface area contributed by atoms with E-state index in [4.69, 9.17) is 0 Å². The Hall–Kier alpha value is 1.45. The van der Waals surface area contributed by atoms with Crippen molar-refractivity contribution in [3.63, 3.8) is 0 Å². The first-order valence-corrected chi connectivity index (χ1v) is 4.11. The summed E-state index contributed by atoms with van der Waals surface area (Å²) in [7, 11) is 1.51. The second-order valence-electron chi connectivity index (χ2n) is 3.76. The molecular formula is C7H16BF3KN. The van der Waals surface area contributed by atoms with Crippen molar-refractivity contribution in [2.24, 2.45) is 0 Å². The Kier molecular flexibility index (Phi) is 7.95. The van der Waals surface area contributed by atoms with E-state index in [0.29, 0.717) is 0 Å². The molecule has 0 atom stereocenters. The molecule has 0 aliphatic rings. The molecule has 13 heavy (non-hydrogen) atoms. The Morgan fingerprint density at radius 3 is 1.85 bits per heavy atom. The Balaban J connectivity index is 0. The van der Waals surface area contributed by atoms with Crippen molar-refractivity contribution < 1.29 is 64.3 Å². The largest absolute Gasteiger partial charge is 1.00 e. The topological polar surface area (TPSA) is 3.24 Å². The van der Waals surface area contributed by atoms with Crippen LogP contribution in [0.1, 0.15) is 27.2 Å². The molecule has 0 amide bonds. The van der Waals surface area contributed by atoms with Crippen molar-refractivity contribution in [1.29, 1.82) is 0 Å². The minimum atomic E-state index is -4.69. The summed E-state index contributed by atoms with van der Waals surface area (Å²) >= 11 is 0. The summed E-state index contributed by atoms with van der Waals surface area (Å²) in [6, 6.07) is 0. The minimum absolute atomic E-state index is 0. The van der Waals surface area contributed by atoms with Gasteiger partial charge >= 0.3 is 58.4 Å². The first-order valence-electron chi connectivity index (χ1n) is 4.11. The Morgan fingerprint density at radius 1 is 1.23 bits per heavy atom. The van der Waals surface area contributed by atoms with E-state index in [1.54, 1.807) is 0 Å². The SMILES string of the molecule is CCC(C)(C)N(C)C[B-](F)(F)F.[K+]. The van der Waals surface area contributed by atoms with Gasteiger partial charge < -0.3 is 17.8 Å². The molecule has 0 fully saturated rings. The van der Waals surface area contributed by atoms with Crippen molar-refractivity contribution >= 4 is 6.98 Å². The summed E-state index contributed by atoms with van der Waals surface area (Å²) in [5, 5.41) is 0. The van der Waals surface area contributed by atoms with E-state index in [9.17, 15) is 12.9 Å². The van der Waals surface area contributed by atoms with Crippen LogP contribution in [0.5, 0.6) is 0 Å². The zero-order chi connectivity index (χ0) is 9.99. The van der Waals surface area contributed by atoms with Crippen LogP contribution < -0.4 is 51.4 Å². The molecule has 0 heterocycles. The zero-order valence-corrected chi connectivity index (χ0v) is 12.2. The van der Waals surface area contributed by atoms with E-state index in [1.165, 1.54) is 11.9 Å². The molecule has 0 aliphatic carbocycles. The molecule has 0 aromatic rings. The summed E-state index contributed by atoms with van der Waals surface area (Å²) in [5.41, 5.74) is -0.364. The van der Waals surface area contributed by atoms with Crippen molar-refractivity contribution in [3.8, 4) is 0 Å². The van der Waals surface area contributed by atoms with E-state index in [1.807, 2.05) is 20.8 Å². The minimum Gasteiger partial charge on any atom is -0.448 e. The summed E-state index contributed by atoms with van der Waals surface area (Å²) in [5.74, 6) is 0. The van der Waals surface area contributed by atoms with Crippen LogP contribution in [-0.4, -0.2) is 30.9 Å². The average molecular weight is 221 g/mol. The first-order chi connectivity index (χ1) is 5.19. The average Bonchev–Trinajstić information content (AvgIpc) is 1.84. The van der Waals surface area contributed by atoms with Gasteiger partial charge in [0.05, 0.1) is 0 Å². The maximum atomic E-state index is 12.0. The van der Waals surface area contributed by atoms with Gasteiger partial charge in [0.15, 0.2) is 0 Å². The molecule has 1 nitrogen and oxygen atoms in total. The molecule has 0 N–H and O–H groups in total. The Labute approximate surface area is 121 Å². The molecule has 0 aromatic heterocycles. The molecule has 0 aromatic carbocycles. The summed E-state index contributed by atoms with van der Waals surface area (Å²) in [6.07, 6.45) is -0.0590. The molecule has 0 bridgehead atoms. The van der Waals surface area contributed by atoms with Gasteiger partial charge in [0.2, 0.25) is 0 Å². The molecule has 0 rings (SSSR count). The number of hydrogen-bond acceptors (Lipinski definition) is 1. The van der Waals surface area contributed by atoms with E-state index in [2.05, 4.69) is 0 Å². The van der Waals surface area contributed by atoms with Crippen LogP contribution in [0, 0.1) is 0 Å². The van der Waals surface area contributed by atoms with Gasteiger partial charge in [-0.2, -0.15) is 0 Å². The van der Waals surface area contributed by atoms with Crippen LogP contribution in [0.3, 0.4) is 0 Å². The zero-order valence-electron chi connectivity index (χ0n) is 9.07. The van der Waals surface area contributed by atoms with Crippen LogP contribution in [0.15, 0.2) is 0 Å². The predicted molar refractivity (Wildman–Crippen MR) is 46.1 cm³/mol. The van der Waals surface area contributed by atoms with Crippen LogP contribution >= 0.6 is 0 Å².